The van der Waals surface area contributed by atoms with Gasteiger partial charge in [0.1, 0.15) is 12.9 Å². The zero-order chi connectivity index (χ0) is 11.0. The Morgan fingerprint density at radius 3 is 2.64 bits per heavy atom. The smallest absolute Gasteiger partial charge is 0.426 e. The number of carbonyl (C=O) groups is 2. The number of nitrogens with zero attached hydrogens (tertiary/aromatic N) is 2. The van der Waals surface area contributed by atoms with Crippen LogP contribution in [0.25, 0.3) is 0 Å². The molecule has 1 amide bonds. The molecule has 80 valence electrons. The fourth-order valence-corrected chi connectivity index (χ4v) is 0.678. The van der Waals surface area contributed by atoms with Crippen LogP contribution >= 0.6 is 0 Å². The molecule has 6 heteroatoms. The molecule has 0 heterocycles. The SMILES string of the molecule is C=CCOC(=O)N(CC=O)N(C)OC. The van der Waals surface area contributed by atoms with E-state index >= 15 is 0 Å². The van der Waals surface area contributed by atoms with E-state index in [4.69, 9.17) is 9.57 Å². The van der Waals surface area contributed by atoms with Gasteiger partial charge < -0.3 is 9.53 Å². The molecule has 0 spiro atoms. The normalized spacial score (nSPS) is 9.64. The van der Waals surface area contributed by atoms with Gasteiger partial charge in [-0.15, -0.1) is 0 Å². The topological polar surface area (TPSA) is 59.1 Å². The summed E-state index contributed by atoms with van der Waals surface area (Å²) in [5.74, 6) is 0. The monoisotopic (exact) mass is 202 g/mol. The Morgan fingerprint density at radius 1 is 1.57 bits per heavy atom. The average molecular weight is 202 g/mol. The largest absolute Gasteiger partial charge is 0.444 e. The molecule has 14 heavy (non-hydrogen) atoms. The van der Waals surface area contributed by atoms with Crippen LogP contribution in [0, 0.1) is 0 Å². The molecule has 0 atom stereocenters. The molecule has 0 aliphatic heterocycles. The second kappa shape index (κ2) is 7.05. The first kappa shape index (κ1) is 12.6. The number of ether oxygens (including phenoxy) is 1. The quantitative estimate of drug-likeness (QED) is 0.350. The second-order valence-electron chi connectivity index (χ2n) is 2.26. The van der Waals surface area contributed by atoms with Gasteiger partial charge in [-0.1, -0.05) is 17.8 Å². The van der Waals surface area contributed by atoms with Crippen LogP contribution in [0.2, 0.25) is 0 Å². The minimum Gasteiger partial charge on any atom is -0.444 e. The highest BCUT2D eigenvalue weighted by Crippen LogP contribution is 1.97. The summed E-state index contributed by atoms with van der Waals surface area (Å²) in [4.78, 5) is 26.3. The van der Waals surface area contributed by atoms with E-state index in [1.807, 2.05) is 0 Å². The molecular weight excluding hydrogens is 188 g/mol. The third kappa shape index (κ3) is 4.01. The number of amides is 1. The minimum atomic E-state index is -0.665. The third-order valence-corrected chi connectivity index (χ3v) is 1.39. The maximum Gasteiger partial charge on any atom is 0.426 e. The molecule has 0 N–H and O–H groups in total. The Morgan fingerprint density at radius 2 is 2.21 bits per heavy atom. The summed E-state index contributed by atoms with van der Waals surface area (Å²) in [5, 5.41) is 2.12. The lowest BCUT2D eigenvalue weighted by molar-refractivity contribution is -0.230. The van der Waals surface area contributed by atoms with E-state index in [9.17, 15) is 9.59 Å². The van der Waals surface area contributed by atoms with Crippen LogP contribution in [0.15, 0.2) is 12.7 Å². The Labute approximate surface area is 82.6 Å². The van der Waals surface area contributed by atoms with Gasteiger partial charge in [0.2, 0.25) is 0 Å². The first-order chi connectivity index (χ1) is 6.67. The summed E-state index contributed by atoms with van der Waals surface area (Å²) in [5.41, 5.74) is 0. The van der Waals surface area contributed by atoms with Crippen molar-refractivity contribution < 1.29 is 19.2 Å². The highest BCUT2D eigenvalue weighted by Gasteiger charge is 2.18. The molecule has 6 nitrogen and oxygen atoms in total. The van der Waals surface area contributed by atoms with Crippen LogP contribution in [-0.4, -0.2) is 49.9 Å². The molecule has 0 radical (unpaired) electrons. The lowest BCUT2D eigenvalue weighted by Gasteiger charge is -2.26. The summed E-state index contributed by atoms with van der Waals surface area (Å²) in [7, 11) is 2.86. The molecule has 0 saturated heterocycles. The van der Waals surface area contributed by atoms with E-state index in [1.165, 1.54) is 20.2 Å². The molecule has 0 aromatic carbocycles. The highest BCUT2D eigenvalue weighted by atomic mass is 16.7. The minimum absolute atomic E-state index is 0.0890. The van der Waals surface area contributed by atoms with Crippen molar-refractivity contribution >= 4 is 12.4 Å². The molecule has 0 fully saturated rings. The van der Waals surface area contributed by atoms with Crippen molar-refractivity contribution in [3.63, 3.8) is 0 Å². The summed E-state index contributed by atoms with van der Waals surface area (Å²) >= 11 is 0. The predicted molar refractivity (Wildman–Crippen MR) is 49.1 cm³/mol. The van der Waals surface area contributed by atoms with Gasteiger partial charge in [-0.3, -0.25) is 4.84 Å². The van der Waals surface area contributed by atoms with Gasteiger partial charge in [0.05, 0.1) is 13.7 Å². The molecule has 0 aliphatic rings. The highest BCUT2D eigenvalue weighted by molar-refractivity contribution is 5.70. The lowest BCUT2D eigenvalue weighted by atomic mass is 10.7. The van der Waals surface area contributed by atoms with Crippen molar-refractivity contribution in [1.82, 2.24) is 10.2 Å². The van der Waals surface area contributed by atoms with Crippen molar-refractivity contribution in [1.29, 1.82) is 0 Å². The Bertz CT molecular complexity index is 208. The number of aldehydes is 1. The van der Waals surface area contributed by atoms with Crippen molar-refractivity contribution in [3.8, 4) is 0 Å². The fourth-order valence-electron chi connectivity index (χ4n) is 0.678. The molecule has 0 bridgehead atoms. The third-order valence-electron chi connectivity index (χ3n) is 1.39. The van der Waals surface area contributed by atoms with Gasteiger partial charge in [-0.05, 0) is 0 Å². The Balaban J connectivity index is 4.23. The molecule has 0 aromatic rings. The molecule has 0 aromatic heterocycles. The maximum absolute atomic E-state index is 11.3. The molecule has 0 rings (SSSR count). The summed E-state index contributed by atoms with van der Waals surface area (Å²) in [6.45, 7) is 3.36. The van der Waals surface area contributed by atoms with Gasteiger partial charge in [0.25, 0.3) is 0 Å². The first-order valence-electron chi connectivity index (χ1n) is 3.94. The van der Waals surface area contributed by atoms with Crippen molar-refractivity contribution in [3.05, 3.63) is 12.7 Å². The number of rotatable bonds is 6. The Kier molecular flexibility index (Phi) is 6.34. The van der Waals surface area contributed by atoms with Crippen LogP contribution in [0.4, 0.5) is 4.79 Å². The summed E-state index contributed by atoms with van der Waals surface area (Å²) in [6.07, 6.45) is 1.34. The van der Waals surface area contributed by atoms with E-state index < -0.39 is 6.09 Å². The van der Waals surface area contributed by atoms with Gasteiger partial charge in [0, 0.05) is 7.05 Å². The second-order valence-corrected chi connectivity index (χ2v) is 2.26. The lowest BCUT2D eigenvalue weighted by Crippen LogP contribution is -2.44. The van der Waals surface area contributed by atoms with Gasteiger partial charge in [-0.25, -0.2) is 9.80 Å². The summed E-state index contributed by atoms with van der Waals surface area (Å²) in [6, 6.07) is 0. The number of hydrazine groups is 1. The molecule has 0 aliphatic carbocycles. The van der Waals surface area contributed by atoms with Crippen LogP contribution in [-0.2, 0) is 14.4 Å². The number of hydroxylamine groups is 1. The standard InChI is InChI=1S/C8H14N2O4/c1-4-7-14-8(12)10(5-6-11)9(2)13-3/h4,6H,1,5,7H2,2-3H3. The van der Waals surface area contributed by atoms with Gasteiger partial charge in [0.15, 0.2) is 0 Å². The van der Waals surface area contributed by atoms with Crippen LogP contribution in [0.3, 0.4) is 0 Å². The van der Waals surface area contributed by atoms with E-state index in [0.717, 1.165) is 10.2 Å². The predicted octanol–water partition coefficient (Wildman–Crippen LogP) is 0.218. The van der Waals surface area contributed by atoms with Gasteiger partial charge >= 0.3 is 6.09 Å². The fraction of sp³-hybridized carbons (Fsp3) is 0.500. The van der Waals surface area contributed by atoms with Crippen LogP contribution in [0.1, 0.15) is 0 Å². The molecule has 0 unspecified atom stereocenters. The van der Waals surface area contributed by atoms with Crippen molar-refractivity contribution in [2.24, 2.45) is 0 Å². The van der Waals surface area contributed by atoms with Crippen molar-refractivity contribution in [2.75, 3.05) is 27.3 Å². The number of carbonyl (C=O) groups excluding carboxylic acids is 2. The van der Waals surface area contributed by atoms with Gasteiger partial charge in [-0.2, -0.15) is 0 Å². The average Bonchev–Trinajstić information content (AvgIpc) is 2.21. The van der Waals surface area contributed by atoms with Crippen molar-refractivity contribution in [2.45, 2.75) is 0 Å². The first-order valence-corrected chi connectivity index (χ1v) is 3.94. The zero-order valence-electron chi connectivity index (χ0n) is 8.30. The van der Waals surface area contributed by atoms with E-state index in [1.54, 1.807) is 0 Å². The summed E-state index contributed by atoms with van der Waals surface area (Å²) < 4.78 is 4.72. The van der Waals surface area contributed by atoms with E-state index in [0.29, 0.717) is 6.29 Å². The zero-order valence-corrected chi connectivity index (χ0v) is 8.30. The van der Waals surface area contributed by atoms with E-state index in [-0.39, 0.29) is 13.2 Å². The molecule has 0 saturated carbocycles. The van der Waals surface area contributed by atoms with Crippen LogP contribution < -0.4 is 0 Å². The maximum atomic E-state index is 11.3. The van der Waals surface area contributed by atoms with Crippen LogP contribution in [0.5, 0.6) is 0 Å². The molecular formula is C8H14N2O4. The Hall–Kier alpha value is -1.40. The number of hydrogen-bond donors (Lipinski definition) is 0. The van der Waals surface area contributed by atoms with E-state index in [2.05, 4.69) is 6.58 Å². The number of hydrogen-bond acceptors (Lipinski definition) is 5.